The van der Waals surface area contributed by atoms with Gasteiger partial charge in [-0.3, -0.25) is 4.79 Å². The first kappa shape index (κ1) is 17.0. The molecule has 0 saturated carbocycles. The van der Waals surface area contributed by atoms with Gasteiger partial charge >= 0.3 is 6.18 Å². The van der Waals surface area contributed by atoms with Crippen LogP contribution in [0.1, 0.15) is 31.9 Å². The van der Waals surface area contributed by atoms with E-state index in [0.717, 1.165) is 12.1 Å². The van der Waals surface area contributed by atoms with Crippen molar-refractivity contribution in [3.63, 3.8) is 0 Å². The third kappa shape index (κ3) is 5.44. The smallest absolute Gasteiger partial charge is 0.366 e. The molecule has 114 valence electrons. The Kier molecular flexibility index (Phi) is 4.97. The molecule has 1 N–H and O–H groups in total. The molecule has 21 heavy (non-hydrogen) atoms. The molecule has 7 heteroatoms. The number of rotatable bonds is 3. The first-order chi connectivity index (χ1) is 9.53. The Morgan fingerprint density at radius 1 is 1.33 bits per heavy atom. The van der Waals surface area contributed by atoms with Gasteiger partial charge in [-0.05, 0) is 39.0 Å². The number of benzene rings is 1. The number of carbonyl (C=O) groups excluding carboxylic acids is 1. The third-order valence-electron chi connectivity index (χ3n) is 2.38. The third-order valence-corrected chi connectivity index (χ3v) is 2.38. The van der Waals surface area contributed by atoms with Gasteiger partial charge < -0.3 is 10.1 Å². The summed E-state index contributed by atoms with van der Waals surface area (Å²) in [6, 6.07) is 4.18. The van der Waals surface area contributed by atoms with Gasteiger partial charge in [0.25, 0.3) is 0 Å². The van der Waals surface area contributed by atoms with Crippen molar-refractivity contribution in [1.29, 1.82) is 5.26 Å². The summed E-state index contributed by atoms with van der Waals surface area (Å²) >= 11 is 0. The van der Waals surface area contributed by atoms with Gasteiger partial charge in [-0.2, -0.15) is 18.4 Å². The number of halogens is 3. The van der Waals surface area contributed by atoms with Gasteiger partial charge in [-0.25, -0.2) is 0 Å². The van der Waals surface area contributed by atoms with E-state index in [4.69, 9.17) is 10.00 Å². The fourth-order valence-corrected chi connectivity index (χ4v) is 1.39. The number of carbonyl (C=O) groups is 1. The van der Waals surface area contributed by atoms with Crippen LogP contribution in [0, 0.1) is 11.3 Å². The van der Waals surface area contributed by atoms with Crippen molar-refractivity contribution in [2.45, 2.75) is 32.5 Å². The molecule has 0 spiro atoms. The topological polar surface area (TPSA) is 62.1 Å². The van der Waals surface area contributed by atoms with Gasteiger partial charge in [0.2, 0.25) is 5.91 Å². The second kappa shape index (κ2) is 6.14. The highest BCUT2D eigenvalue weighted by Crippen LogP contribution is 2.31. The number of hydrogen-bond donors (Lipinski definition) is 1. The molecule has 4 nitrogen and oxygen atoms in total. The van der Waals surface area contributed by atoms with Crippen LogP contribution in [0.2, 0.25) is 0 Å². The lowest BCUT2D eigenvalue weighted by Crippen LogP contribution is -2.27. The number of amides is 1. The van der Waals surface area contributed by atoms with Crippen LogP contribution < -0.4 is 5.32 Å². The molecule has 0 atom stereocenters. The lowest BCUT2D eigenvalue weighted by Gasteiger charge is -2.19. The minimum atomic E-state index is -4.54. The fraction of sp³-hybridized carbons (Fsp3) is 0.429. The molecule has 1 aromatic rings. The van der Waals surface area contributed by atoms with E-state index in [1.54, 1.807) is 26.8 Å². The highest BCUT2D eigenvalue weighted by Gasteiger charge is 2.31. The monoisotopic (exact) mass is 300 g/mol. The zero-order chi connectivity index (χ0) is 16.3. The average Bonchev–Trinajstić information content (AvgIpc) is 2.34. The summed E-state index contributed by atoms with van der Waals surface area (Å²) in [5.74, 6) is -0.541. The van der Waals surface area contributed by atoms with Crippen molar-refractivity contribution in [1.82, 2.24) is 0 Å². The maximum atomic E-state index is 12.5. The SMILES string of the molecule is CC(C)(C)OCC(=O)Nc1ccc(C(F)(F)F)cc1C#N. The summed E-state index contributed by atoms with van der Waals surface area (Å²) in [7, 11) is 0. The second-order valence-electron chi connectivity index (χ2n) is 5.32. The van der Waals surface area contributed by atoms with Crippen molar-refractivity contribution in [3.8, 4) is 6.07 Å². The fourth-order valence-electron chi connectivity index (χ4n) is 1.39. The molecule has 1 amide bonds. The van der Waals surface area contributed by atoms with Crippen LogP contribution >= 0.6 is 0 Å². The molecule has 0 aliphatic carbocycles. The van der Waals surface area contributed by atoms with E-state index >= 15 is 0 Å². The van der Waals surface area contributed by atoms with Crippen LogP contribution in [0.4, 0.5) is 18.9 Å². The quantitative estimate of drug-likeness (QED) is 0.931. The normalized spacial score (nSPS) is 11.9. The maximum absolute atomic E-state index is 12.5. The molecule has 0 aliphatic heterocycles. The number of nitriles is 1. The highest BCUT2D eigenvalue weighted by molar-refractivity contribution is 5.93. The van der Waals surface area contributed by atoms with Crippen LogP contribution in [-0.2, 0) is 15.7 Å². The van der Waals surface area contributed by atoms with E-state index in [1.165, 1.54) is 0 Å². The van der Waals surface area contributed by atoms with Crippen molar-refractivity contribution >= 4 is 11.6 Å². The van der Waals surface area contributed by atoms with Crippen molar-refractivity contribution < 1.29 is 22.7 Å². The maximum Gasteiger partial charge on any atom is 0.416 e. The molecule has 0 fully saturated rings. The molecule has 0 aliphatic rings. The molecule has 0 heterocycles. The van der Waals surface area contributed by atoms with E-state index in [1.807, 2.05) is 0 Å². The van der Waals surface area contributed by atoms with Gasteiger partial charge in [-0.1, -0.05) is 0 Å². The first-order valence-electron chi connectivity index (χ1n) is 6.08. The summed E-state index contributed by atoms with van der Waals surface area (Å²) < 4.78 is 42.8. The minimum absolute atomic E-state index is 0.0213. The van der Waals surface area contributed by atoms with E-state index in [-0.39, 0.29) is 17.9 Å². The summed E-state index contributed by atoms with van der Waals surface area (Å²) in [4.78, 5) is 11.6. The zero-order valence-electron chi connectivity index (χ0n) is 11.8. The van der Waals surface area contributed by atoms with Crippen molar-refractivity contribution in [2.75, 3.05) is 11.9 Å². The molecule has 1 aromatic carbocycles. The second-order valence-corrected chi connectivity index (χ2v) is 5.32. The van der Waals surface area contributed by atoms with Gasteiger partial charge in [0.1, 0.15) is 12.7 Å². The van der Waals surface area contributed by atoms with Gasteiger partial charge in [0, 0.05) is 0 Å². The number of hydrogen-bond acceptors (Lipinski definition) is 3. The van der Waals surface area contributed by atoms with Gasteiger partial charge in [0.05, 0.1) is 22.4 Å². The summed E-state index contributed by atoms with van der Waals surface area (Å²) in [6.45, 7) is 5.03. The van der Waals surface area contributed by atoms with Crippen molar-refractivity contribution in [2.24, 2.45) is 0 Å². The first-order valence-corrected chi connectivity index (χ1v) is 6.08. The highest BCUT2D eigenvalue weighted by atomic mass is 19.4. The minimum Gasteiger partial charge on any atom is -0.366 e. The number of nitrogens with zero attached hydrogens (tertiary/aromatic N) is 1. The number of nitrogens with one attached hydrogen (secondary N) is 1. The molecule has 0 unspecified atom stereocenters. The summed E-state index contributed by atoms with van der Waals surface area (Å²) in [6.07, 6.45) is -4.54. The van der Waals surface area contributed by atoms with Crippen LogP contribution in [-0.4, -0.2) is 18.1 Å². The molecule has 1 rings (SSSR count). The molecular formula is C14H15F3N2O2. The zero-order valence-corrected chi connectivity index (χ0v) is 11.8. The molecule has 0 saturated heterocycles. The Balaban J connectivity index is 2.85. The van der Waals surface area contributed by atoms with Crippen molar-refractivity contribution in [3.05, 3.63) is 29.3 Å². The van der Waals surface area contributed by atoms with Crippen LogP contribution in [0.15, 0.2) is 18.2 Å². The van der Waals surface area contributed by atoms with Crippen LogP contribution in [0.3, 0.4) is 0 Å². The number of ether oxygens (including phenoxy) is 1. The van der Waals surface area contributed by atoms with Crippen LogP contribution in [0.5, 0.6) is 0 Å². The number of anilines is 1. The Morgan fingerprint density at radius 2 is 1.95 bits per heavy atom. The predicted molar refractivity (Wildman–Crippen MR) is 70.5 cm³/mol. The largest absolute Gasteiger partial charge is 0.416 e. The lowest BCUT2D eigenvalue weighted by atomic mass is 10.1. The van der Waals surface area contributed by atoms with E-state index in [0.29, 0.717) is 6.07 Å². The van der Waals surface area contributed by atoms with E-state index in [9.17, 15) is 18.0 Å². The average molecular weight is 300 g/mol. The Labute approximate surface area is 120 Å². The summed E-state index contributed by atoms with van der Waals surface area (Å²) in [5, 5.41) is 11.2. The molecule has 0 bridgehead atoms. The lowest BCUT2D eigenvalue weighted by molar-refractivity contribution is -0.137. The van der Waals surface area contributed by atoms with Crippen LogP contribution in [0.25, 0.3) is 0 Å². The molecule has 0 aromatic heterocycles. The Bertz CT molecular complexity index is 569. The Morgan fingerprint density at radius 3 is 2.43 bits per heavy atom. The van der Waals surface area contributed by atoms with E-state index < -0.39 is 23.2 Å². The van der Waals surface area contributed by atoms with E-state index in [2.05, 4.69) is 5.32 Å². The predicted octanol–water partition coefficient (Wildman–Crippen LogP) is 3.33. The van der Waals surface area contributed by atoms with Gasteiger partial charge in [-0.15, -0.1) is 0 Å². The van der Waals surface area contributed by atoms with Gasteiger partial charge in [0.15, 0.2) is 0 Å². The number of alkyl halides is 3. The molecular weight excluding hydrogens is 285 g/mol. The summed E-state index contributed by atoms with van der Waals surface area (Å²) in [5.41, 5.74) is -1.69. The standard InChI is InChI=1S/C14H15F3N2O2/c1-13(2,3)21-8-12(20)19-11-5-4-10(14(15,16)17)6-9(11)7-18/h4-6H,8H2,1-3H3,(H,19,20). The molecule has 0 radical (unpaired) electrons. The Hall–Kier alpha value is -2.07.